The standard InChI is InChI=1S/C17H22N2O3S2/c1-4-19(12-17(20)18-11-15-6-5-9-23-15)24(21,22)16-10-13(2)7-8-14(16)3/h5-10H,4,11-12H2,1-3H3,(H,18,20). The van der Waals surface area contributed by atoms with Gasteiger partial charge in [0.2, 0.25) is 15.9 Å². The molecule has 0 saturated carbocycles. The van der Waals surface area contributed by atoms with Crippen molar-refractivity contribution in [3.05, 3.63) is 51.7 Å². The SMILES string of the molecule is CCN(CC(=O)NCc1cccs1)S(=O)(=O)c1cc(C)ccc1C. The van der Waals surface area contributed by atoms with E-state index in [4.69, 9.17) is 0 Å². The van der Waals surface area contributed by atoms with Crippen molar-refractivity contribution >= 4 is 27.3 Å². The van der Waals surface area contributed by atoms with Crippen LogP contribution in [0.1, 0.15) is 22.9 Å². The Morgan fingerprint density at radius 3 is 2.62 bits per heavy atom. The number of amides is 1. The third-order valence-corrected chi connectivity index (χ3v) is 6.61. The number of thiophene rings is 1. The van der Waals surface area contributed by atoms with Gasteiger partial charge < -0.3 is 5.32 Å². The topological polar surface area (TPSA) is 66.5 Å². The Labute approximate surface area is 147 Å². The fourth-order valence-electron chi connectivity index (χ4n) is 2.31. The van der Waals surface area contributed by atoms with Crippen molar-refractivity contribution < 1.29 is 13.2 Å². The van der Waals surface area contributed by atoms with E-state index in [9.17, 15) is 13.2 Å². The zero-order valence-electron chi connectivity index (χ0n) is 14.1. The lowest BCUT2D eigenvalue weighted by molar-refractivity contribution is -0.121. The molecule has 7 heteroatoms. The summed E-state index contributed by atoms with van der Waals surface area (Å²) in [6.07, 6.45) is 0. The molecule has 0 saturated heterocycles. The van der Waals surface area contributed by atoms with E-state index in [1.165, 1.54) is 4.31 Å². The smallest absolute Gasteiger partial charge is 0.243 e. The van der Waals surface area contributed by atoms with E-state index in [0.717, 1.165) is 10.4 Å². The van der Waals surface area contributed by atoms with Gasteiger partial charge in [0.15, 0.2) is 0 Å². The lowest BCUT2D eigenvalue weighted by Gasteiger charge is -2.21. The van der Waals surface area contributed by atoms with Crippen molar-refractivity contribution in [2.75, 3.05) is 13.1 Å². The summed E-state index contributed by atoms with van der Waals surface area (Å²) >= 11 is 1.55. The second-order valence-corrected chi connectivity index (χ2v) is 8.49. The first-order chi connectivity index (χ1) is 11.3. The molecule has 2 aromatic rings. The highest BCUT2D eigenvalue weighted by molar-refractivity contribution is 7.89. The van der Waals surface area contributed by atoms with E-state index in [1.807, 2.05) is 30.5 Å². The van der Waals surface area contributed by atoms with E-state index in [2.05, 4.69) is 5.32 Å². The van der Waals surface area contributed by atoms with Gasteiger partial charge in [0.05, 0.1) is 18.0 Å². The van der Waals surface area contributed by atoms with Gasteiger partial charge in [-0.25, -0.2) is 8.42 Å². The highest BCUT2D eigenvalue weighted by Gasteiger charge is 2.26. The zero-order chi connectivity index (χ0) is 17.7. The molecular weight excluding hydrogens is 344 g/mol. The van der Waals surface area contributed by atoms with Crippen molar-refractivity contribution in [2.24, 2.45) is 0 Å². The van der Waals surface area contributed by atoms with Crippen molar-refractivity contribution in [1.29, 1.82) is 0 Å². The average Bonchev–Trinajstić information content (AvgIpc) is 3.06. The number of carbonyl (C=O) groups is 1. The Morgan fingerprint density at radius 1 is 1.25 bits per heavy atom. The number of rotatable bonds is 7. The number of likely N-dealkylation sites (N-methyl/N-ethyl adjacent to an activating group) is 1. The summed E-state index contributed by atoms with van der Waals surface area (Å²) in [5.74, 6) is -0.306. The molecule has 1 amide bonds. The van der Waals surface area contributed by atoms with Crippen LogP contribution in [0.3, 0.4) is 0 Å². The van der Waals surface area contributed by atoms with Gasteiger partial charge in [-0.05, 0) is 42.5 Å². The van der Waals surface area contributed by atoms with Crippen LogP contribution in [0.2, 0.25) is 0 Å². The molecule has 0 atom stereocenters. The third kappa shape index (κ3) is 4.43. The quantitative estimate of drug-likeness (QED) is 0.819. The lowest BCUT2D eigenvalue weighted by atomic mass is 10.2. The predicted molar refractivity (Wildman–Crippen MR) is 96.5 cm³/mol. The lowest BCUT2D eigenvalue weighted by Crippen LogP contribution is -2.40. The molecule has 0 bridgehead atoms. The van der Waals surface area contributed by atoms with Crippen LogP contribution in [-0.2, 0) is 21.4 Å². The van der Waals surface area contributed by atoms with Gasteiger partial charge in [0.25, 0.3) is 0 Å². The second-order valence-electron chi connectivity index (χ2n) is 5.56. The van der Waals surface area contributed by atoms with Crippen LogP contribution >= 0.6 is 11.3 Å². The molecule has 5 nitrogen and oxygen atoms in total. The van der Waals surface area contributed by atoms with Crippen LogP contribution in [0.5, 0.6) is 0 Å². The molecule has 1 N–H and O–H groups in total. The maximum absolute atomic E-state index is 12.9. The van der Waals surface area contributed by atoms with Crippen LogP contribution in [0.4, 0.5) is 0 Å². The summed E-state index contributed by atoms with van der Waals surface area (Å²) in [4.78, 5) is 13.4. The van der Waals surface area contributed by atoms with Crippen molar-refractivity contribution in [2.45, 2.75) is 32.2 Å². The van der Waals surface area contributed by atoms with Gasteiger partial charge in [-0.1, -0.05) is 25.1 Å². The third-order valence-electron chi connectivity index (χ3n) is 3.67. The zero-order valence-corrected chi connectivity index (χ0v) is 15.7. The number of benzene rings is 1. The van der Waals surface area contributed by atoms with E-state index in [-0.39, 0.29) is 23.9 Å². The summed E-state index contributed by atoms with van der Waals surface area (Å²) in [5.41, 5.74) is 1.55. The van der Waals surface area contributed by atoms with Crippen LogP contribution in [-0.4, -0.2) is 31.7 Å². The van der Waals surface area contributed by atoms with Gasteiger partial charge in [-0.15, -0.1) is 11.3 Å². The van der Waals surface area contributed by atoms with Gasteiger partial charge >= 0.3 is 0 Å². The molecular formula is C17H22N2O3S2. The molecule has 0 spiro atoms. The van der Waals surface area contributed by atoms with E-state index >= 15 is 0 Å². The highest BCUT2D eigenvalue weighted by Crippen LogP contribution is 2.21. The molecule has 0 radical (unpaired) electrons. The molecule has 1 aromatic heterocycles. The number of sulfonamides is 1. The second kappa shape index (κ2) is 7.92. The van der Waals surface area contributed by atoms with Crippen molar-refractivity contribution in [1.82, 2.24) is 9.62 Å². The maximum Gasteiger partial charge on any atom is 0.243 e. The van der Waals surface area contributed by atoms with Crippen LogP contribution < -0.4 is 5.32 Å². The summed E-state index contributed by atoms with van der Waals surface area (Å²) in [7, 11) is -3.70. The largest absolute Gasteiger partial charge is 0.350 e. The predicted octanol–water partition coefficient (Wildman–Crippen LogP) is 2.69. The first-order valence-electron chi connectivity index (χ1n) is 7.71. The summed E-state index contributed by atoms with van der Waals surface area (Å²) < 4.78 is 26.9. The molecule has 0 aliphatic rings. The Hall–Kier alpha value is -1.70. The fraction of sp³-hybridized carbons (Fsp3) is 0.353. The maximum atomic E-state index is 12.9. The van der Waals surface area contributed by atoms with E-state index < -0.39 is 10.0 Å². The van der Waals surface area contributed by atoms with Gasteiger partial charge in [0, 0.05) is 11.4 Å². The van der Waals surface area contributed by atoms with Crippen LogP contribution in [0, 0.1) is 13.8 Å². The van der Waals surface area contributed by atoms with Gasteiger partial charge in [-0.2, -0.15) is 4.31 Å². The van der Waals surface area contributed by atoms with E-state index in [0.29, 0.717) is 12.1 Å². The first-order valence-corrected chi connectivity index (χ1v) is 10.0. The Balaban J connectivity index is 2.11. The number of aryl methyl sites for hydroxylation is 2. The van der Waals surface area contributed by atoms with Gasteiger partial charge in [0.1, 0.15) is 0 Å². The van der Waals surface area contributed by atoms with Crippen LogP contribution in [0.15, 0.2) is 40.6 Å². The summed E-state index contributed by atoms with van der Waals surface area (Å²) in [6, 6.07) is 9.15. The summed E-state index contributed by atoms with van der Waals surface area (Å²) in [5, 5.41) is 4.70. The number of hydrogen-bond acceptors (Lipinski definition) is 4. The van der Waals surface area contributed by atoms with Gasteiger partial charge in [-0.3, -0.25) is 4.79 Å². The van der Waals surface area contributed by atoms with Crippen molar-refractivity contribution in [3.8, 4) is 0 Å². The Kier molecular flexibility index (Phi) is 6.15. The number of nitrogens with one attached hydrogen (secondary N) is 1. The monoisotopic (exact) mass is 366 g/mol. The van der Waals surface area contributed by atoms with Crippen LogP contribution in [0.25, 0.3) is 0 Å². The minimum Gasteiger partial charge on any atom is -0.350 e. The molecule has 0 aliphatic carbocycles. The Bertz CT molecular complexity index is 799. The fourth-order valence-corrected chi connectivity index (χ4v) is 4.67. The molecule has 1 aromatic carbocycles. The average molecular weight is 367 g/mol. The molecule has 130 valence electrons. The molecule has 24 heavy (non-hydrogen) atoms. The van der Waals surface area contributed by atoms with E-state index in [1.54, 1.807) is 37.3 Å². The highest BCUT2D eigenvalue weighted by atomic mass is 32.2. The first kappa shape index (κ1) is 18.6. The molecule has 0 unspecified atom stereocenters. The number of nitrogens with zero attached hydrogens (tertiary/aromatic N) is 1. The number of carbonyl (C=O) groups excluding carboxylic acids is 1. The molecule has 0 aliphatic heterocycles. The Morgan fingerprint density at radius 2 is 2.00 bits per heavy atom. The molecule has 1 heterocycles. The normalized spacial score (nSPS) is 11.7. The minimum atomic E-state index is -3.70. The summed E-state index contributed by atoms with van der Waals surface area (Å²) in [6.45, 7) is 5.81. The minimum absolute atomic E-state index is 0.183. The van der Waals surface area contributed by atoms with Crippen molar-refractivity contribution in [3.63, 3.8) is 0 Å². The molecule has 2 rings (SSSR count). The number of hydrogen-bond donors (Lipinski definition) is 1. The molecule has 0 fully saturated rings.